The minimum atomic E-state index is -0.639. The second kappa shape index (κ2) is 11.4. The van der Waals surface area contributed by atoms with Crippen LogP contribution in [0.5, 0.6) is 17.2 Å². The van der Waals surface area contributed by atoms with Crippen LogP contribution < -0.4 is 24.8 Å². The highest BCUT2D eigenvalue weighted by Gasteiger charge is 2.27. The van der Waals surface area contributed by atoms with Crippen molar-refractivity contribution in [3.8, 4) is 17.2 Å². The highest BCUT2D eigenvalue weighted by molar-refractivity contribution is 7.19. The third-order valence-corrected chi connectivity index (χ3v) is 6.22. The number of benzene rings is 2. The predicted molar refractivity (Wildman–Crippen MR) is 133 cm³/mol. The monoisotopic (exact) mass is 498 g/mol. The van der Waals surface area contributed by atoms with Gasteiger partial charge in [-0.2, -0.15) is 0 Å². The largest absolute Gasteiger partial charge is 0.493 e. The van der Waals surface area contributed by atoms with Crippen LogP contribution in [0.3, 0.4) is 0 Å². The second-order valence-corrected chi connectivity index (χ2v) is 8.19. The molecule has 0 aliphatic carbocycles. The zero-order valence-electron chi connectivity index (χ0n) is 20.0. The van der Waals surface area contributed by atoms with Gasteiger partial charge in [0.25, 0.3) is 11.8 Å². The third-order valence-electron chi connectivity index (χ3n) is 5.02. The van der Waals surface area contributed by atoms with E-state index in [1.807, 2.05) is 6.07 Å². The van der Waals surface area contributed by atoms with Gasteiger partial charge in [-0.05, 0) is 43.7 Å². The van der Waals surface area contributed by atoms with Gasteiger partial charge in [-0.15, -0.1) is 11.3 Å². The Morgan fingerprint density at radius 2 is 1.51 bits per heavy atom. The van der Waals surface area contributed by atoms with Gasteiger partial charge >= 0.3 is 5.97 Å². The summed E-state index contributed by atoms with van der Waals surface area (Å²) in [6, 6.07) is 11.9. The number of hydrogen-bond donors (Lipinski definition) is 2. The molecule has 9 nitrogen and oxygen atoms in total. The van der Waals surface area contributed by atoms with Gasteiger partial charge in [-0.25, -0.2) is 4.79 Å². The summed E-state index contributed by atoms with van der Waals surface area (Å²) in [5.74, 6) is -0.643. The van der Waals surface area contributed by atoms with Crippen LogP contribution in [0.4, 0.5) is 10.7 Å². The van der Waals surface area contributed by atoms with E-state index in [0.29, 0.717) is 28.5 Å². The normalized spacial score (nSPS) is 10.3. The lowest BCUT2D eigenvalue weighted by molar-refractivity contribution is 0.0527. The molecule has 10 heteroatoms. The lowest BCUT2D eigenvalue weighted by Gasteiger charge is -2.14. The molecule has 3 aromatic rings. The van der Waals surface area contributed by atoms with E-state index in [1.54, 1.807) is 38.1 Å². The number of para-hydroxylation sites is 1. The fraction of sp³-hybridized carbons (Fsp3) is 0.240. The number of anilines is 2. The minimum Gasteiger partial charge on any atom is -0.493 e. The zero-order valence-corrected chi connectivity index (χ0v) is 20.8. The van der Waals surface area contributed by atoms with Crippen LogP contribution in [-0.4, -0.2) is 45.7 Å². The van der Waals surface area contributed by atoms with Crippen LogP contribution in [-0.2, 0) is 4.74 Å². The first-order valence-electron chi connectivity index (χ1n) is 10.6. The molecule has 2 N–H and O–H groups in total. The fourth-order valence-corrected chi connectivity index (χ4v) is 4.45. The van der Waals surface area contributed by atoms with E-state index >= 15 is 0 Å². The average Bonchev–Trinajstić information content (AvgIpc) is 3.19. The summed E-state index contributed by atoms with van der Waals surface area (Å²) in [7, 11) is 4.35. The molecule has 1 heterocycles. The Hall–Kier alpha value is -4.05. The van der Waals surface area contributed by atoms with Crippen LogP contribution in [0.25, 0.3) is 0 Å². The summed E-state index contributed by atoms with van der Waals surface area (Å²) in [6.07, 6.45) is 0. The Morgan fingerprint density at radius 3 is 2.06 bits per heavy atom. The molecule has 2 amide bonds. The molecule has 0 bridgehead atoms. The Bertz CT molecular complexity index is 1210. The molecule has 0 spiro atoms. The number of rotatable bonds is 9. The van der Waals surface area contributed by atoms with Crippen molar-refractivity contribution in [3.63, 3.8) is 0 Å². The van der Waals surface area contributed by atoms with Crippen LogP contribution in [0.15, 0.2) is 42.5 Å². The summed E-state index contributed by atoms with van der Waals surface area (Å²) in [5.41, 5.74) is 1.33. The molecule has 0 aliphatic rings. The van der Waals surface area contributed by atoms with Crippen molar-refractivity contribution in [3.05, 3.63) is 64.0 Å². The first-order valence-corrected chi connectivity index (χ1v) is 11.4. The number of hydrogen-bond acceptors (Lipinski definition) is 8. The number of nitrogens with one attached hydrogen (secondary N) is 2. The first-order chi connectivity index (χ1) is 16.8. The molecule has 0 saturated carbocycles. The minimum absolute atomic E-state index is 0.121. The molecular formula is C25H26N2O7S. The van der Waals surface area contributed by atoms with Crippen molar-refractivity contribution in [1.82, 2.24) is 0 Å². The number of methoxy groups -OCH3 is 3. The lowest BCUT2D eigenvalue weighted by Crippen LogP contribution is -2.15. The predicted octanol–water partition coefficient (Wildman–Crippen LogP) is 4.76. The van der Waals surface area contributed by atoms with Crippen molar-refractivity contribution < 1.29 is 33.3 Å². The highest BCUT2D eigenvalue weighted by Crippen LogP contribution is 2.39. The first kappa shape index (κ1) is 25.6. The molecule has 184 valence electrons. The average molecular weight is 499 g/mol. The summed E-state index contributed by atoms with van der Waals surface area (Å²) in [4.78, 5) is 39.1. The van der Waals surface area contributed by atoms with E-state index in [4.69, 9.17) is 18.9 Å². The SMILES string of the molecule is CCOC(=O)c1c(NC(=O)c2cc(OC)c(OC)c(OC)c2)sc(C(=O)Nc2ccccc2)c1C. The van der Waals surface area contributed by atoms with Gasteiger partial charge in [0.15, 0.2) is 11.5 Å². The number of thiophene rings is 1. The zero-order chi connectivity index (χ0) is 25.5. The molecule has 3 rings (SSSR count). The van der Waals surface area contributed by atoms with Crippen LogP contribution in [0.2, 0.25) is 0 Å². The standard InChI is InChI=1S/C25H26N2O7S/c1-6-34-25(30)19-14(2)21(23(29)26-16-10-8-7-9-11-16)35-24(19)27-22(28)15-12-17(31-3)20(33-5)18(13-15)32-4/h7-13H,6H2,1-5H3,(H,26,29)(H,27,28). The molecule has 0 aliphatic heterocycles. The van der Waals surface area contributed by atoms with Gasteiger partial charge in [-0.1, -0.05) is 18.2 Å². The maximum Gasteiger partial charge on any atom is 0.341 e. The quantitative estimate of drug-likeness (QED) is 0.409. The molecular weight excluding hydrogens is 472 g/mol. The fourth-order valence-electron chi connectivity index (χ4n) is 3.36. The van der Waals surface area contributed by atoms with Crippen molar-refractivity contribution in [2.75, 3.05) is 38.6 Å². The van der Waals surface area contributed by atoms with E-state index in [9.17, 15) is 14.4 Å². The van der Waals surface area contributed by atoms with E-state index in [-0.39, 0.29) is 27.6 Å². The van der Waals surface area contributed by atoms with E-state index < -0.39 is 17.8 Å². The summed E-state index contributed by atoms with van der Waals surface area (Å²) < 4.78 is 21.1. The topological polar surface area (TPSA) is 112 Å². The van der Waals surface area contributed by atoms with Gasteiger partial charge < -0.3 is 29.6 Å². The van der Waals surface area contributed by atoms with Gasteiger partial charge in [0.05, 0.1) is 38.4 Å². The Balaban J connectivity index is 1.99. The molecule has 0 saturated heterocycles. The Morgan fingerprint density at radius 1 is 0.886 bits per heavy atom. The maximum absolute atomic E-state index is 13.2. The van der Waals surface area contributed by atoms with Crippen molar-refractivity contribution in [2.45, 2.75) is 13.8 Å². The van der Waals surface area contributed by atoms with E-state index in [0.717, 1.165) is 11.3 Å². The smallest absolute Gasteiger partial charge is 0.341 e. The maximum atomic E-state index is 13.2. The number of carbonyl (C=O) groups is 3. The van der Waals surface area contributed by atoms with Crippen LogP contribution in [0, 0.1) is 6.92 Å². The van der Waals surface area contributed by atoms with Crippen molar-refractivity contribution >= 4 is 39.8 Å². The summed E-state index contributed by atoms with van der Waals surface area (Å²) in [6.45, 7) is 3.45. The molecule has 0 atom stereocenters. The molecule has 0 fully saturated rings. The van der Waals surface area contributed by atoms with Gasteiger partial charge in [0, 0.05) is 11.3 Å². The molecule has 1 aromatic heterocycles. The molecule has 2 aromatic carbocycles. The van der Waals surface area contributed by atoms with Crippen molar-refractivity contribution in [2.24, 2.45) is 0 Å². The summed E-state index contributed by atoms with van der Waals surface area (Å²) in [5, 5.41) is 5.72. The Kier molecular flexibility index (Phi) is 8.32. The van der Waals surface area contributed by atoms with E-state index in [1.165, 1.54) is 33.5 Å². The second-order valence-electron chi connectivity index (χ2n) is 7.17. The van der Waals surface area contributed by atoms with Crippen LogP contribution >= 0.6 is 11.3 Å². The van der Waals surface area contributed by atoms with Gasteiger partial charge in [-0.3, -0.25) is 9.59 Å². The van der Waals surface area contributed by atoms with Crippen LogP contribution in [0.1, 0.15) is 42.9 Å². The lowest BCUT2D eigenvalue weighted by atomic mass is 10.1. The molecule has 0 unspecified atom stereocenters. The molecule has 0 radical (unpaired) electrons. The van der Waals surface area contributed by atoms with Gasteiger partial charge in [0.2, 0.25) is 5.75 Å². The third kappa shape index (κ3) is 5.55. The van der Waals surface area contributed by atoms with E-state index in [2.05, 4.69) is 10.6 Å². The number of esters is 1. The molecule has 35 heavy (non-hydrogen) atoms. The highest BCUT2D eigenvalue weighted by atomic mass is 32.1. The Labute approximate surface area is 207 Å². The number of carbonyl (C=O) groups excluding carboxylic acids is 3. The van der Waals surface area contributed by atoms with Gasteiger partial charge in [0.1, 0.15) is 5.00 Å². The number of ether oxygens (including phenoxy) is 4. The summed E-state index contributed by atoms with van der Waals surface area (Å²) >= 11 is 0.986. The number of amides is 2. The van der Waals surface area contributed by atoms with Crippen molar-refractivity contribution in [1.29, 1.82) is 0 Å².